The first kappa shape index (κ1) is 20.9. The van der Waals surface area contributed by atoms with E-state index in [1.54, 1.807) is 0 Å². The van der Waals surface area contributed by atoms with Gasteiger partial charge in [-0.05, 0) is 27.8 Å². The maximum absolute atomic E-state index is 13.2. The minimum atomic E-state index is -1.39. The topological polar surface area (TPSA) is 20.2 Å². The van der Waals surface area contributed by atoms with E-state index in [2.05, 4.69) is 36.4 Å². The summed E-state index contributed by atoms with van der Waals surface area (Å²) in [4.78, 5) is 0. The Kier molecular flexibility index (Phi) is 5.64. The van der Waals surface area contributed by atoms with E-state index in [9.17, 15) is 5.11 Å². The van der Waals surface area contributed by atoms with Crippen molar-refractivity contribution in [2.45, 2.75) is 11.0 Å². The van der Waals surface area contributed by atoms with Gasteiger partial charge >= 0.3 is 0 Å². The maximum atomic E-state index is 13.2. The Morgan fingerprint density at radius 2 is 0.515 bits per heavy atom. The van der Waals surface area contributed by atoms with E-state index < -0.39 is 11.0 Å². The fourth-order valence-electron chi connectivity index (χ4n) is 5.15. The van der Waals surface area contributed by atoms with E-state index in [0.717, 1.165) is 27.8 Å². The second-order valence-electron chi connectivity index (χ2n) is 8.29. The van der Waals surface area contributed by atoms with Crippen molar-refractivity contribution >= 4 is 0 Å². The van der Waals surface area contributed by atoms with Crippen LogP contribution in [-0.2, 0) is 11.0 Å². The summed E-state index contributed by atoms with van der Waals surface area (Å²) in [7, 11) is 0. The Morgan fingerprint density at radius 1 is 0.303 bits per heavy atom. The molecular weight excluding hydrogens is 400 g/mol. The molecule has 0 fully saturated rings. The Hall–Kier alpha value is -3.94. The number of hydrogen-bond donors (Lipinski definition) is 1. The second-order valence-corrected chi connectivity index (χ2v) is 8.29. The number of hydrogen-bond acceptors (Lipinski definition) is 1. The highest BCUT2D eigenvalue weighted by Crippen LogP contribution is 2.55. The molecule has 0 saturated heterocycles. The van der Waals surface area contributed by atoms with Gasteiger partial charge in [-0.2, -0.15) is 0 Å². The van der Waals surface area contributed by atoms with Crippen molar-refractivity contribution in [3.63, 3.8) is 0 Å². The summed E-state index contributed by atoms with van der Waals surface area (Å²) in [5.41, 5.74) is 2.47. The van der Waals surface area contributed by atoms with Crippen molar-refractivity contribution in [3.8, 4) is 0 Å². The minimum Gasteiger partial charge on any atom is -0.379 e. The van der Waals surface area contributed by atoms with E-state index in [-0.39, 0.29) is 0 Å². The molecule has 0 saturated carbocycles. The Morgan fingerprint density at radius 3 is 0.758 bits per heavy atom. The van der Waals surface area contributed by atoms with Gasteiger partial charge in [0.2, 0.25) is 0 Å². The highest BCUT2D eigenvalue weighted by Gasteiger charge is 2.55. The molecule has 0 aliphatic carbocycles. The molecule has 0 amide bonds. The van der Waals surface area contributed by atoms with Gasteiger partial charge in [-0.15, -0.1) is 0 Å². The van der Waals surface area contributed by atoms with Gasteiger partial charge < -0.3 is 5.11 Å². The fourth-order valence-corrected chi connectivity index (χ4v) is 5.15. The lowest BCUT2D eigenvalue weighted by atomic mass is 9.55. The van der Waals surface area contributed by atoms with Crippen LogP contribution >= 0.6 is 0 Å². The first-order chi connectivity index (χ1) is 16.3. The Labute approximate surface area is 195 Å². The fraction of sp³-hybridized carbons (Fsp3) is 0.0625. The summed E-state index contributed by atoms with van der Waals surface area (Å²) >= 11 is 0. The number of benzene rings is 5. The van der Waals surface area contributed by atoms with Crippen LogP contribution in [-0.4, -0.2) is 5.11 Å². The summed E-state index contributed by atoms with van der Waals surface area (Å²) in [6.45, 7) is 0. The molecule has 0 radical (unpaired) electrons. The molecule has 1 heteroatoms. The number of aliphatic hydroxyl groups is 1. The van der Waals surface area contributed by atoms with Crippen molar-refractivity contribution in [1.82, 2.24) is 0 Å². The highest BCUT2D eigenvalue weighted by atomic mass is 16.3. The lowest BCUT2D eigenvalue weighted by Crippen LogP contribution is -2.52. The van der Waals surface area contributed by atoms with Crippen LogP contribution in [0.2, 0.25) is 0 Å². The third-order valence-corrected chi connectivity index (χ3v) is 6.55. The predicted molar refractivity (Wildman–Crippen MR) is 135 cm³/mol. The molecule has 0 bridgehead atoms. The first-order valence-corrected chi connectivity index (χ1v) is 11.3. The van der Waals surface area contributed by atoms with Crippen molar-refractivity contribution in [2.75, 3.05) is 0 Å². The van der Waals surface area contributed by atoms with Gasteiger partial charge in [0.1, 0.15) is 5.60 Å². The largest absolute Gasteiger partial charge is 0.379 e. The van der Waals surface area contributed by atoms with Crippen LogP contribution in [0.4, 0.5) is 0 Å². The molecule has 160 valence electrons. The molecule has 0 unspecified atom stereocenters. The highest BCUT2D eigenvalue weighted by molar-refractivity contribution is 5.60. The van der Waals surface area contributed by atoms with Gasteiger partial charge in [-0.25, -0.2) is 0 Å². The van der Waals surface area contributed by atoms with Crippen LogP contribution < -0.4 is 0 Å². The van der Waals surface area contributed by atoms with Crippen molar-refractivity contribution in [2.24, 2.45) is 0 Å². The van der Waals surface area contributed by atoms with E-state index in [0.29, 0.717) is 0 Å². The van der Waals surface area contributed by atoms with Crippen LogP contribution in [0.15, 0.2) is 152 Å². The van der Waals surface area contributed by atoms with Crippen LogP contribution in [0.5, 0.6) is 0 Å². The van der Waals surface area contributed by atoms with Crippen LogP contribution in [0.1, 0.15) is 27.8 Å². The van der Waals surface area contributed by atoms with Crippen LogP contribution in [0.3, 0.4) is 0 Å². The summed E-state index contributed by atoms with van der Waals surface area (Å²) < 4.78 is 0. The summed E-state index contributed by atoms with van der Waals surface area (Å²) in [6.07, 6.45) is 0. The van der Waals surface area contributed by atoms with E-state index in [4.69, 9.17) is 0 Å². The second kappa shape index (κ2) is 8.90. The van der Waals surface area contributed by atoms with Gasteiger partial charge in [-0.1, -0.05) is 152 Å². The first-order valence-electron chi connectivity index (χ1n) is 11.3. The normalized spacial score (nSPS) is 11.8. The standard InChI is InChI=1S/C32H26O/c33-32(29-22-12-4-13-23-29,30-24-14-5-15-25-30)31(26-16-6-1-7-17-26,27-18-8-2-9-19-27)28-20-10-3-11-21-28/h1-25,33H. The monoisotopic (exact) mass is 426 g/mol. The third-order valence-electron chi connectivity index (χ3n) is 6.55. The summed E-state index contributed by atoms with van der Waals surface area (Å²) in [5, 5.41) is 13.2. The minimum absolute atomic E-state index is 0.841. The summed E-state index contributed by atoms with van der Waals surface area (Å²) in [6, 6.07) is 51.1. The van der Waals surface area contributed by atoms with Crippen LogP contribution in [0, 0.1) is 0 Å². The van der Waals surface area contributed by atoms with Gasteiger partial charge in [-0.3, -0.25) is 0 Å². The third kappa shape index (κ3) is 3.38. The predicted octanol–water partition coefficient (Wildman–Crippen LogP) is 6.96. The van der Waals surface area contributed by atoms with Gasteiger partial charge in [0.15, 0.2) is 0 Å². The van der Waals surface area contributed by atoms with E-state index in [1.807, 2.05) is 115 Å². The molecule has 1 nitrogen and oxygen atoms in total. The quantitative estimate of drug-likeness (QED) is 0.291. The van der Waals surface area contributed by atoms with E-state index in [1.165, 1.54) is 0 Å². The molecule has 0 atom stereocenters. The average Bonchev–Trinajstić information content (AvgIpc) is 2.92. The van der Waals surface area contributed by atoms with Crippen LogP contribution in [0.25, 0.3) is 0 Å². The molecular formula is C32H26O. The van der Waals surface area contributed by atoms with Gasteiger partial charge in [0, 0.05) is 0 Å². The smallest absolute Gasteiger partial charge is 0.132 e. The van der Waals surface area contributed by atoms with Gasteiger partial charge in [0.25, 0.3) is 0 Å². The van der Waals surface area contributed by atoms with Crippen molar-refractivity contribution in [3.05, 3.63) is 179 Å². The van der Waals surface area contributed by atoms with E-state index >= 15 is 0 Å². The molecule has 0 spiro atoms. The molecule has 5 aromatic carbocycles. The maximum Gasteiger partial charge on any atom is 0.132 e. The van der Waals surface area contributed by atoms with Crippen molar-refractivity contribution < 1.29 is 5.11 Å². The molecule has 5 rings (SSSR count). The SMILES string of the molecule is OC(c1ccccc1)(c1ccccc1)C(c1ccccc1)(c1ccccc1)c1ccccc1. The molecule has 5 aromatic rings. The number of rotatable bonds is 6. The Balaban J connectivity index is 2.01. The lowest BCUT2D eigenvalue weighted by Gasteiger charge is -2.49. The zero-order valence-corrected chi connectivity index (χ0v) is 18.4. The molecule has 0 aliphatic rings. The molecule has 0 heterocycles. The molecule has 0 aliphatic heterocycles. The van der Waals surface area contributed by atoms with Crippen molar-refractivity contribution in [1.29, 1.82) is 0 Å². The zero-order valence-electron chi connectivity index (χ0n) is 18.4. The zero-order chi connectivity index (χ0) is 22.6. The molecule has 1 N–H and O–H groups in total. The lowest BCUT2D eigenvalue weighted by molar-refractivity contribution is 0.0281. The van der Waals surface area contributed by atoms with Gasteiger partial charge in [0.05, 0.1) is 5.41 Å². The Bertz CT molecular complexity index is 1150. The average molecular weight is 427 g/mol. The summed E-state index contributed by atoms with van der Waals surface area (Å²) in [5.74, 6) is 0. The molecule has 0 aromatic heterocycles. The molecule has 33 heavy (non-hydrogen) atoms.